The first-order valence-electron chi connectivity index (χ1n) is 10.8. The van der Waals surface area contributed by atoms with Crippen molar-refractivity contribution in [3.63, 3.8) is 0 Å². The Morgan fingerprint density at radius 3 is 2.39 bits per heavy atom. The summed E-state index contributed by atoms with van der Waals surface area (Å²) in [5, 5.41) is 6.43. The van der Waals surface area contributed by atoms with Crippen molar-refractivity contribution in [2.45, 2.75) is 24.4 Å². The Morgan fingerprint density at radius 2 is 1.64 bits per heavy atom. The summed E-state index contributed by atoms with van der Waals surface area (Å²) in [6.45, 7) is -0.356. The molecule has 0 unspecified atom stereocenters. The van der Waals surface area contributed by atoms with E-state index in [1.54, 1.807) is 12.1 Å². The first-order chi connectivity index (χ1) is 16.0. The molecule has 5 rings (SSSR count). The van der Waals surface area contributed by atoms with Crippen molar-refractivity contribution in [2.24, 2.45) is 0 Å². The molecule has 2 atom stereocenters. The first kappa shape index (κ1) is 21.2. The smallest absolute Gasteiger partial charge is 0.325 e. The molecule has 1 aliphatic carbocycles. The monoisotopic (exact) mass is 459 g/mol. The number of amides is 4. The fraction of sp³-hybridized carbons (Fsp3) is 0.192. The normalized spacial score (nSPS) is 20.0. The van der Waals surface area contributed by atoms with E-state index < -0.39 is 23.5 Å². The molecule has 2 aliphatic rings. The topological polar surface area (TPSA) is 78.5 Å². The Hall–Kier alpha value is -3.64. The molecule has 0 aromatic heterocycles. The molecule has 33 heavy (non-hydrogen) atoms. The zero-order chi connectivity index (χ0) is 23.0. The highest BCUT2D eigenvalue weighted by Gasteiger charge is 2.55. The Labute approximate surface area is 196 Å². The third kappa shape index (κ3) is 3.76. The minimum atomic E-state index is -1.08. The summed E-state index contributed by atoms with van der Waals surface area (Å²) < 4.78 is 0. The predicted octanol–water partition coefficient (Wildman–Crippen LogP) is 3.94. The zero-order valence-electron chi connectivity index (χ0n) is 17.8. The number of nitrogens with one attached hydrogen (secondary N) is 2. The van der Waals surface area contributed by atoms with E-state index in [9.17, 15) is 14.4 Å². The lowest BCUT2D eigenvalue weighted by atomic mass is 9.92. The minimum absolute atomic E-state index is 0.356. The molecule has 1 aliphatic heterocycles. The number of hydrogen-bond donors (Lipinski definition) is 2. The molecule has 0 saturated carbocycles. The van der Waals surface area contributed by atoms with Gasteiger partial charge >= 0.3 is 6.03 Å². The molecular weight excluding hydrogens is 438 g/mol. The summed E-state index contributed by atoms with van der Waals surface area (Å²) in [5.74, 6) is -0.805. The summed E-state index contributed by atoms with van der Waals surface area (Å²) in [4.78, 5) is 40.2. The molecule has 1 spiro atoms. The van der Waals surface area contributed by atoms with Crippen molar-refractivity contribution in [3.8, 4) is 0 Å². The second kappa shape index (κ2) is 8.37. The second-order valence-electron chi connectivity index (χ2n) is 8.35. The van der Waals surface area contributed by atoms with Crippen LogP contribution in [0.3, 0.4) is 0 Å². The first-order valence-corrected chi connectivity index (χ1v) is 11.2. The van der Waals surface area contributed by atoms with Crippen LogP contribution < -0.4 is 10.6 Å². The van der Waals surface area contributed by atoms with Gasteiger partial charge in [0.1, 0.15) is 12.1 Å². The highest BCUT2D eigenvalue weighted by molar-refractivity contribution is 6.30. The molecular formula is C26H22ClN3O3. The van der Waals surface area contributed by atoms with Gasteiger partial charge in [0.15, 0.2) is 0 Å². The van der Waals surface area contributed by atoms with Gasteiger partial charge in [-0.25, -0.2) is 4.79 Å². The molecule has 4 amide bonds. The average molecular weight is 460 g/mol. The number of carbonyl (C=O) groups is 3. The van der Waals surface area contributed by atoms with Gasteiger partial charge in [0.2, 0.25) is 5.91 Å². The lowest BCUT2D eigenvalue weighted by Gasteiger charge is -2.23. The maximum absolute atomic E-state index is 13.3. The maximum atomic E-state index is 13.3. The van der Waals surface area contributed by atoms with Crippen LogP contribution in [0.5, 0.6) is 0 Å². The van der Waals surface area contributed by atoms with E-state index in [4.69, 9.17) is 11.6 Å². The Balaban J connectivity index is 1.37. The van der Waals surface area contributed by atoms with Gasteiger partial charge in [0.25, 0.3) is 5.91 Å². The third-order valence-electron chi connectivity index (χ3n) is 6.37. The van der Waals surface area contributed by atoms with Crippen molar-refractivity contribution < 1.29 is 14.4 Å². The lowest BCUT2D eigenvalue weighted by Crippen LogP contribution is -2.44. The Kier molecular flexibility index (Phi) is 5.38. The van der Waals surface area contributed by atoms with Crippen LogP contribution in [0.4, 0.5) is 4.79 Å². The Bertz CT molecular complexity index is 1230. The van der Waals surface area contributed by atoms with E-state index in [2.05, 4.69) is 10.6 Å². The van der Waals surface area contributed by atoms with Gasteiger partial charge in [-0.1, -0.05) is 78.3 Å². The van der Waals surface area contributed by atoms with Crippen LogP contribution in [0.25, 0.3) is 0 Å². The van der Waals surface area contributed by atoms with Gasteiger partial charge in [0.05, 0.1) is 6.04 Å². The number of benzene rings is 3. The number of halogens is 1. The lowest BCUT2D eigenvalue weighted by molar-refractivity contribution is -0.135. The molecule has 0 radical (unpaired) electrons. The molecule has 1 saturated heterocycles. The zero-order valence-corrected chi connectivity index (χ0v) is 18.5. The van der Waals surface area contributed by atoms with Crippen LogP contribution in [0.2, 0.25) is 5.02 Å². The molecule has 3 aromatic carbocycles. The van der Waals surface area contributed by atoms with Gasteiger partial charge in [-0.15, -0.1) is 0 Å². The van der Waals surface area contributed by atoms with Crippen LogP contribution in [0, 0.1) is 0 Å². The molecule has 6 nitrogen and oxygen atoms in total. The fourth-order valence-electron chi connectivity index (χ4n) is 4.74. The number of urea groups is 1. The third-order valence-corrected chi connectivity index (χ3v) is 6.62. The highest BCUT2D eigenvalue weighted by Crippen LogP contribution is 2.41. The highest BCUT2D eigenvalue weighted by atomic mass is 35.5. The van der Waals surface area contributed by atoms with E-state index >= 15 is 0 Å². The molecule has 166 valence electrons. The molecule has 0 bridgehead atoms. The van der Waals surface area contributed by atoms with Gasteiger partial charge < -0.3 is 10.6 Å². The molecule has 1 fully saturated rings. The van der Waals surface area contributed by atoms with Crippen LogP contribution in [0.1, 0.15) is 34.7 Å². The average Bonchev–Trinajstić information content (AvgIpc) is 3.32. The number of carbonyl (C=O) groups excluding carboxylic acids is 3. The van der Waals surface area contributed by atoms with Crippen molar-refractivity contribution in [3.05, 3.63) is 106 Å². The van der Waals surface area contributed by atoms with Crippen molar-refractivity contribution in [1.82, 2.24) is 15.5 Å². The number of rotatable bonds is 5. The molecule has 1 heterocycles. The van der Waals surface area contributed by atoms with Crippen LogP contribution in [-0.4, -0.2) is 29.3 Å². The molecule has 3 aromatic rings. The Morgan fingerprint density at radius 1 is 0.970 bits per heavy atom. The number of imide groups is 1. The molecule has 2 N–H and O–H groups in total. The fourth-order valence-corrected chi connectivity index (χ4v) is 4.87. The maximum Gasteiger partial charge on any atom is 0.325 e. The van der Waals surface area contributed by atoms with E-state index in [0.717, 1.165) is 27.2 Å². The minimum Gasteiger partial charge on any atom is -0.344 e. The second-order valence-corrected chi connectivity index (χ2v) is 8.78. The van der Waals surface area contributed by atoms with Crippen LogP contribution in [0.15, 0.2) is 78.9 Å². The predicted molar refractivity (Wildman–Crippen MR) is 125 cm³/mol. The van der Waals surface area contributed by atoms with Crippen molar-refractivity contribution in [1.29, 1.82) is 0 Å². The standard InChI is InChI=1S/C26H22ClN3O3/c27-20-12-10-19(11-13-20)23(18-7-2-1-3-8-18)28-22(31)16-30-24(32)26(29-25(30)33)15-14-17-6-4-5-9-21(17)26/h1-13,23H,14-16H2,(H,28,31)(H,29,33)/t23-,26+/m0/s1. The molecule has 7 heteroatoms. The van der Waals surface area contributed by atoms with Crippen LogP contribution in [-0.2, 0) is 21.5 Å². The summed E-state index contributed by atoms with van der Waals surface area (Å²) in [5.41, 5.74) is 2.51. The van der Waals surface area contributed by atoms with E-state index in [-0.39, 0.29) is 12.5 Å². The number of fused-ring (bicyclic) bond motifs is 2. The summed E-state index contributed by atoms with van der Waals surface area (Å²) in [6.07, 6.45) is 1.20. The summed E-state index contributed by atoms with van der Waals surface area (Å²) in [7, 11) is 0. The largest absolute Gasteiger partial charge is 0.344 e. The van der Waals surface area contributed by atoms with Gasteiger partial charge in [0, 0.05) is 5.02 Å². The van der Waals surface area contributed by atoms with Crippen molar-refractivity contribution >= 4 is 29.4 Å². The summed E-state index contributed by atoms with van der Waals surface area (Å²) >= 11 is 6.03. The van der Waals surface area contributed by atoms with E-state index in [1.807, 2.05) is 66.7 Å². The summed E-state index contributed by atoms with van der Waals surface area (Å²) in [6, 6.07) is 23.4. The number of aryl methyl sites for hydroxylation is 1. The quantitative estimate of drug-likeness (QED) is 0.567. The van der Waals surface area contributed by atoms with Gasteiger partial charge in [-0.2, -0.15) is 0 Å². The SMILES string of the molecule is O=C(CN1C(=O)N[C@@]2(CCc3ccccc32)C1=O)N[C@@H](c1ccccc1)c1ccc(Cl)cc1. The van der Waals surface area contributed by atoms with Gasteiger partial charge in [-0.3, -0.25) is 14.5 Å². The van der Waals surface area contributed by atoms with E-state index in [0.29, 0.717) is 17.9 Å². The van der Waals surface area contributed by atoms with E-state index in [1.165, 1.54) is 0 Å². The number of nitrogens with zero attached hydrogens (tertiary/aromatic N) is 1. The van der Waals surface area contributed by atoms with Crippen LogP contribution >= 0.6 is 11.6 Å². The van der Waals surface area contributed by atoms with Crippen molar-refractivity contribution in [2.75, 3.05) is 6.54 Å². The number of hydrogen-bond acceptors (Lipinski definition) is 3. The van der Waals surface area contributed by atoms with Gasteiger partial charge in [-0.05, 0) is 47.2 Å².